The highest BCUT2D eigenvalue weighted by Gasteiger charge is 2.13. The highest BCUT2D eigenvalue weighted by molar-refractivity contribution is 7.98. The minimum absolute atomic E-state index is 0.0252. The summed E-state index contributed by atoms with van der Waals surface area (Å²) in [6.45, 7) is 2.95. The van der Waals surface area contributed by atoms with Gasteiger partial charge >= 0.3 is 0 Å². The maximum Gasteiger partial charge on any atom is 0.239 e. The van der Waals surface area contributed by atoms with Gasteiger partial charge in [-0.25, -0.2) is 0 Å². The third-order valence-electron chi connectivity index (χ3n) is 2.70. The summed E-state index contributed by atoms with van der Waals surface area (Å²) in [7, 11) is 1.83. The fourth-order valence-electron chi connectivity index (χ4n) is 1.74. The van der Waals surface area contributed by atoms with E-state index >= 15 is 0 Å². The van der Waals surface area contributed by atoms with E-state index in [1.807, 2.05) is 43.3 Å². The predicted octanol–water partition coefficient (Wildman–Crippen LogP) is 2.24. The number of hydrogen-bond donors (Lipinski definition) is 1. The van der Waals surface area contributed by atoms with E-state index in [2.05, 4.69) is 11.4 Å². The van der Waals surface area contributed by atoms with Crippen molar-refractivity contribution >= 4 is 23.4 Å². The molecule has 19 heavy (non-hydrogen) atoms. The molecule has 0 radical (unpaired) electrons. The number of thioether (sulfide) groups is 1. The minimum Gasteiger partial charge on any atom is -0.364 e. The number of carbonyl (C=O) groups excluding carboxylic acids is 1. The average molecular weight is 277 g/mol. The highest BCUT2D eigenvalue weighted by atomic mass is 32.2. The Bertz CT molecular complexity index is 482. The molecular formula is C14H19N3OS. The average Bonchev–Trinajstić information content (AvgIpc) is 2.43. The van der Waals surface area contributed by atoms with Crippen LogP contribution in [0.4, 0.5) is 5.69 Å². The second-order valence-corrected chi connectivity index (χ2v) is 5.02. The van der Waals surface area contributed by atoms with Gasteiger partial charge in [-0.15, -0.1) is 11.8 Å². The smallest absolute Gasteiger partial charge is 0.239 e. The van der Waals surface area contributed by atoms with E-state index in [1.54, 1.807) is 0 Å². The summed E-state index contributed by atoms with van der Waals surface area (Å²) in [4.78, 5) is 14.4. The van der Waals surface area contributed by atoms with Crippen LogP contribution in [-0.4, -0.2) is 32.3 Å². The van der Waals surface area contributed by atoms with Crippen LogP contribution in [0.25, 0.3) is 0 Å². The molecule has 1 amide bonds. The fourth-order valence-corrected chi connectivity index (χ4v) is 2.31. The first-order chi connectivity index (χ1) is 9.13. The van der Waals surface area contributed by atoms with Gasteiger partial charge in [0.05, 0.1) is 17.8 Å². The fraction of sp³-hybridized carbons (Fsp3) is 0.429. The Morgan fingerprint density at radius 3 is 2.84 bits per heavy atom. The first kappa shape index (κ1) is 15.4. The number of rotatable bonds is 6. The van der Waals surface area contributed by atoms with E-state index in [-0.39, 0.29) is 12.5 Å². The maximum atomic E-state index is 11.7. The van der Waals surface area contributed by atoms with Crippen molar-refractivity contribution < 1.29 is 4.79 Å². The molecule has 0 fully saturated rings. The van der Waals surface area contributed by atoms with Crippen LogP contribution in [0.1, 0.15) is 18.9 Å². The van der Waals surface area contributed by atoms with E-state index < -0.39 is 0 Å². The van der Waals surface area contributed by atoms with Gasteiger partial charge in [-0.3, -0.25) is 4.79 Å². The van der Waals surface area contributed by atoms with Crippen LogP contribution in [0.15, 0.2) is 23.1 Å². The zero-order chi connectivity index (χ0) is 14.3. The molecule has 0 atom stereocenters. The molecule has 5 heteroatoms. The van der Waals surface area contributed by atoms with Crippen LogP contribution in [-0.2, 0) is 4.79 Å². The summed E-state index contributed by atoms with van der Waals surface area (Å²) in [5.41, 5.74) is 1.42. The zero-order valence-electron chi connectivity index (χ0n) is 11.6. The van der Waals surface area contributed by atoms with Gasteiger partial charge in [-0.2, -0.15) is 5.26 Å². The topological polar surface area (TPSA) is 56.1 Å². The van der Waals surface area contributed by atoms with Crippen molar-refractivity contribution in [3.8, 4) is 6.07 Å². The van der Waals surface area contributed by atoms with Crippen LogP contribution in [0.5, 0.6) is 0 Å². The van der Waals surface area contributed by atoms with E-state index in [9.17, 15) is 10.1 Å². The van der Waals surface area contributed by atoms with Crippen LogP contribution < -0.4 is 10.2 Å². The van der Waals surface area contributed by atoms with Gasteiger partial charge in [0, 0.05) is 18.5 Å². The largest absolute Gasteiger partial charge is 0.364 e. The van der Waals surface area contributed by atoms with E-state index in [0.29, 0.717) is 12.1 Å². The summed E-state index contributed by atoms with van der Waals surface area (Å²) in [5, 5.41) is 12.1. The van der Waals surface area contributed by atoms with Crippen LogP contribution in [0.2, 0.25) is 0 Å². The molecule has 1 rings (SSSR count). The first-order valence-corrected chi connectivity index (χ1v) is 7.41. The van der Waals surface area contributed by atoms with Crippen molar-refractivity contribution in [2.75, 3.05) is 31.3 Å². The van der Waals surface area contributed by atoms with Crippen molar-refractivity contribution in [2.24, 2.45) is 0 Å². The summed E-state index contributed by atoms with van der Waals surface area (Å²) in [6.07, 6.45) is 2.86. The minimum atomic E-state index is -0.0252. The van der Waals surface area contributed by atoms with Gasteiger partial charge in [0.25, 0.3) is 0 Å². The Hall–Kier alpha value is -1.67. The second-order valence-electron chi connectivity index (χ2n) is 4.17. The van der Waals surface area contributed by atoms with E-state index in [4.69, 9.17) is 0 Å². The van der Waals surface area contributed by atoms with Crippen molar-refractivity contribution in [2.45, 2.75) is 18.2 Å². The SMILES string of the molecule is CCCNC(=O)CN(C)c1cccc(SC)c1C#N. The van der Waals surface area contributed by atoms with Crippen molar-refractivity contribution in [3.63, 3.8) is 0 Å². The number of benzene rings is 1. The predicted molar refractivity (Wildman–Crippen MR) is 79.5 cm³/mol. The summed E-state index contributed by atoms with van der Waals surface area (Å²) < 4.78 is 0. The second kappa shape index (κ2) is 7.70. The first-order valence-electron chi connectivity index (χ1n) is 6.19. The summed E-state index contributed by atoms with van der Waals surface area (Å²) in [6, 6.07) is 7.90. The number of nitrogens with one attached hydrogen (secondary N) is 1. The van der Waals surface area contributed by atoms with E-state index in [0.717, 1.165) is 17.0 Å². The van der Waals surface area contributed by atoms with Crippen molar-refractivity contribution in [3.05, 3.63) is 23.8 Å². The highest BCUT2D eigenvalue weighted by Crippen LogP contribution is 2.28. The molecule has 0 heterocycles. The summed E-state index contributed by atoms with van der Waals surface area (Å²) in [5.74, 6) is -0.0252. The maximum absolute atomic E-state index is 11.7. The van der Waals surface area contributed by atoms with Crippen molar-refractivity contribution in [1.82, 2.24) is 5.32 Å². The van der Waals surface area contributed by atoms with Gasteiger partial charge in [-0.1, -0.05) is 13.0 Å². The number of hydrogen-bond acceptors (Lipinski definition) is 4. The van der Waals surface area contributed by atoms with Gasteiger partial charge in [0.1, 0.15) is 6.07 Å². The van der Waals surface area contributed by atoms with Crippen LogP contribution >= 0.6 is 11.8 Å². The molecule has 0 aromatic heterocycles. The van der Waals surface area contributed by atoms with Gasteiger partial charge in [-0.05, 0) is 24.8 Å². The lowest BCUT2D eigenvalue weighted by atomic mass is 10.2. The molecule has 1 aromatic carbocycles. The number of nitriles is 1. The summed E-state index contributed by atoms with van der Waals surface area (Å²) >= 11 is 1.53. The molecule has 1 aromatic rings. The number of anilines is 1. The third kappa shape index (κ3) is 4.18. The number of amides is 1. The standard InChI is InChI=1S/C14H19N3OS/c1-4-8-16-14(18)10-17(2)12-6-5-7-13(19-3)11(12)9-15/h5-7H,4,8,10H2,1-3H3,(H,16,18). The Balaban J connectivity index is 2.85. The molecule has 1 N–H and O–H groups in total. The van der Waals surface area contributed by atoms with Gasteiger partial charge in [0.2, 0.25) is 5.91 Å². The number of nitrogens with zero attached hydrogens (tertiary/aromatic N) is 2. The third-order valence-corrected chi connectivity index (χ3v) is 3.48. The van der Waals surface area contributed by atoms with Crippen molar-refractivity contribution in [1.29, 1.82) is 5.26 Å². The molecule has 0 spiro atoms. The molecule has 0 aliphatic heterocycles. The Labute approximate surface area is 118 Å². The Morgan fingerprint density at radius 1 is 1.53 bits per heavy atom. The molecule has 0 unspecified atom stereocenters. The molecule has 0 aliphatic carbocycles. The van der Waals surface area contributed by atoms with E-state index in [1.165, 1.54) is 11.8 Å². The molecule has 102 valence electrons. The van der Waals surface area contributed by atoms with Crippen LogP contribution in [0.3, 0.4) is 0 Å². The quantitative estimate of drug-likeness (QED) is 0.810. The molecule has 0 aliphatic rings. The molecule has 0 bridgehead atoms. The Morgan fingerprint density at radius 2 is 2.26 bits per heavy atom. The van der Waals surface area contributed by atoms with Gasteiger partial charge < -0.3 is 10.2 Å². The molecule has 0 saturated heterocycles. The lowest BCUT2D eigenvalue weighted by Crippen LogP contribution is -2.35. The molecule has 0 saturated carbocycles. The zero-order valence-corrected chi connectivity index (χ0v) is 12.4. The monoisotopic (exact) mass is 277 g/mol. The molecular weight excluding hydrogens is 258 g/mol. The normalized spacial score (nSPS) is 9.79. The molecule has 4 nitrogen and oxygen atoms in total. The van der Waals surface area contributed by atoms with Crippen LogP contribution in [0, 0.1) is 11.3 Å². The number of carbonyl (C=O) groups is 1. The lowest BCUT2D eigenvalue weighted by molar-refractivity contribution is -0.119. The lowest BCUT2D eigenvalue weighted by Gasteiger charge is -2.20. The Kier molecular flexibility index (Phi) is 6.23. The van der Waals surface area contributed by atoms with Gasteiger partial charge in [0.15, 0.2) is 0 Å². The number of likely N-dealkylation sites (N-methyl/N-ethyl adjacent to an activating group) is 1.